The molecule has 2 aromatic rings. The molecule has 1 saturated carbocycles. The Kier molecular flexibility index (Phi) is 4.32. The molecule has 1 atom stereocenters. The second-order valence-electron chi connectivity index (χ2n) is 7.70. The van der Waals surface area contributed by atoms with Crippen LogP contribution in [0.25, 0.3) is 0 Å². The molecular weight excluding hydrogens is 314 g/mol. The number of amides is 1. The molecule has 0 bridgehead atoms. The molecule has 5 heteroatoms. The fourth-order valence-corrected chi connectivity index (χ4v) is 3.67. The maximum atomic E-state index is 12.7. The van der Waals surface area contributed by atoms with E-state index in [4.69, 9.17) is 4.52 Å². The SMILES string of the molecule is C[C@]1(c2nc(C3CC3)no2)CCCN(C(=O)CCc2ccccc2)C1. The average Bonchev–Trinajstić information content (AvgIpc) is 3.36. The van der Waals surface area contributed by atoms with Crippen LogP contribution < -0.4 is 0 Å². The molecule has 1 saturated heterocycles. The number of aryl methyl sites for hydroxylation is 1. The first-order valence-electron chi connectivity index (χ1n) is 9.30. The number of benzene rings is 1. The summed E-state index contributed by atoms with van der Waals surface area (Å²) < 4.78 is 5.57. The summed E-state index contributed by atoms with van der Waals surface area (Å²) in [5.74, 6) is 2.27. The van der Waals surface area contributed by atoms with Gasteiger partial charge in [0.25, 0.3) is 0 Å². The molecule has 2 aliphatic rings. The second kappa shape index (κ2) is 6.62. The van der Waals surface area contributed by atoms with Crippen molar-refractivity contribution in [1.82, 2.24) is 15.0 Å². The quantitative estimate of drug-likeness (QED) is 0.837. The van der Waals surface area contributed by atoms with Crippen LogP contribution in [0.3, 0.4) is 0 Å². The summed E-state index contributed by atoms with van der Waals surface area (Å²) in [5.41, 5.74) is 0.988. The smallest absolute Gasteiger partial charge is 0.234 e. The standard InChI is InChI=1S/C20H25N3O2/c1-20(19-21-18(22-25-19)16-9-10-16)12-5-13-23(14-20)17(24)11-8-15-6-3-2-4-7-15/h2-4,6-7,16H,5,8-14H2,1H3/t20-/m0/s1. The fraction of sp³-hybridized carbons (Fsp3) is 0.550. The van der Waals surface area contributed by atoms with Gasteiger partial charge in [-0.25, -0.2) is 0 Å². The molecule has 25 heavy (non-hydrogen) atoms. The van der Waals surface area contributed by atoms with Crippen LogP contribution in [0.4, 0.5) is 0 Å². The fourth-order valence-electron chi connectivity index (χ4n) is 3.67. The topological polar surface area (TPSA) is 59.2 Å². The molecular formula is C20H25N3O2. The summed E-state index contributed by atoms with van der Waals surface area (Å²) in [7, 11) is 0. The Labute approximate surface area is 148 Å². The lowest BCUT2D eigenvalue weighted by atomic mass is 9.81. The van der Waals surface area contributed by atoms with Gasteiger partial charge in [0.2, 0.25) is 11.8 Å². The van der Waals surface area contributed by atoms with E-state index in [0.29, 0.717) is 24.8 Å². The third-order valence-electron chi connectivity index (χ3n) is 5.42. The Hall–Kier alpha value is -2.17. The highest BCUT2D eigenvalue weighted by molar-refractivity contribution is 5.76. The van der Waals surface area contributed by atoms with Gasteiger partial charge in [-0.1, -0.05) is 35.5 Å². The first-order valence-corrected chi connectivity index (χ1v) is 9.30. The zero-order valence-electron chi connectivity index (χ0n) is 14.8. The maximum Gasteiger partial charge on any atom is 0.234 e. The van der Waals surface area contributed by atoms with Gasteiger partial charge in [-0.3, -0.25) is 4.79 Å². The summed E-state index contributed by atoms with van der Waals surface area (Å²) in [4.78, 5) is 19.3. The molecule has 0 spiro atoms. The van der Waals surface area contributed by atoms with Gasteiger partial charge in [0.1, 0.15) is 0 Å². The van der Waals surface area contributed by atoms with E-state index < -0.39 is 0 Å². The van der Waals surface area contributed by atoms with Crippen molar-refractivity contribution in [2.24, 2.45) is 0 Å². The van der Waals surface area contributed by atoms with Crippen LogP contribution in [0.5, 0.6) is 0 Å². The van der Waals surface area contributed by atoms with Crippen LogP contribution >= 0.6 is 0 Å². The van der Waals surface area contributed by atoms with E-state index in [1.165, 1.54) is 18.4 Å². The predicted molar refractivity (Wildman–Crippen MR) is 94.2 cm³/mol. The molecule has 1 aliphatic carbocycles. The number of nitrogens with zero attached hydrogens (tertiary/aromatic N) is 3. The lowest BCUT2D eigenvalue weighted by Crippen LogP contribution is -2.47. The maximum absolute atomic E-state index is 12.7. The molecule has 1 aromatic carbocycles. The Morgan fingerprint density at radius 3 is 2.88 bits per heavy atom. The van der Waals surface area contributed by atoms with E-state index >= 15 is 0 Å². The highest BCUT2D eigenvalue weighted by atomic mass is 16.5. The Morgan fingerprint density at radius 2 is 2.12 bits per heavy atom. The monoisotopic (exact) mass is 339 g/mol. The van der Waals surface area contributed by atoms with Crippen LogP contribution in [-0.4, -0.2) is 34.0 Å². The number of carbonyl (C=O) groups excluding carboxylic acids is 1. The molecule has 0 radical (unpaired) electrons. The molecule has 2 heterocycles. The van der Waals surface area contributed by atoms with E-state index in [1.807, 2.05) is 23.1 Å². The van der Waals surface area contributed by atoms with Crippen molar-refractivity contribution in [3.8, 4) is 0 Å². The molecule has 1 amide bonds. The first-order chi connectivity index (χ1) is 12.1. The van der Waals surface area contributed by atoms with Crippen LogP contribution in [0.1, 0.15) is 62.2 Å². The minimum absolute atomic E-state index is 0.219. The van der Waals surface area contributed by atoms with E-state index in [0.717, 1.165) is 31.6 Å². The molecule has 0 N–H and O–H groups in total. The molecule has 0 unspecified atom stereocenters. The van der Waals surface area contributed by atoms with Crippen LogP contribution in [0, 0.1) is 0 Å². The highest BCUT2D eigenvalue weighted by Gasteiger charge is 2.40. The van der Waals surface area contributed by atoms with Gasteiger partial charge in [0.15, 0.2) is 5.82 Å². The normalized spacial score (nSPS) is 23.6. The zero-order valence-corrected chi connectivity index (χ0v) is 14.8. The van der Waals surface area contributed by atoms with Crippen LogP contribution in [0.15, 0.2) is 34.9 Å². The third-order valence-corrected chi connectivity index (χ3v) is 5.42. The van der Waals surface area contributed by atoms with Crippen molar-refractivity contribution in [1.29, 1.82) is 0 Å². The van der Waals surface area contributed by atoms with E-state index in [1.54, 1.807) is 0 Å². The van der Waals surface area contributed by atoms with Gasteiger partial charge in [-0.2, -0.15) is 4.98 Å². The van der Waals surface area contributed by atoms with Crippen molar-refractivity contribution in [3.05, 3.63) is 47.6 Å². The van der Waals surface area contributed by atoms with Gasteiger partial charge < -0.3 is 9.42 Å². The van der Waals surface area contributed by atoms with Crippen LogP contribution in [0.2, 0.25) is 0 Å². The van der Waals surface area contributed by atoms with Gasteiger partial charge in [-0.15, -0.1) is 0 Å². The second-order valence-corrected chi connectivity index (χ2v) is 7.70. The van der Waals surface area contributed by atoms with Gasteiger partial charge in [0, 0.05) is 25.4 Å². The lowest BCUT2D eigenvalue weighted by Gasteiger charge is -2.38. The Bertz CT molecular complexity index is 738. The zero-order chi connectivity index (χ0) is 17.3. The molecule has 132 valence electrons. The van der Waals surface area contributed by atoms with E-state index in [9.17, 15) is 4.79 Å². The van der Waals surface area contributed by atoms with Crippen molar-refractivity contribution in [3.63, 3.8) is 0 Å². The number of piperidine rings is 1. The number of aromatic nitrogens is 2. The van der Waals surface area contributed by atoms with E-state index in [2.05, 4.69) is 29.2 Å². The predicted octanol–water partition coefficient (Wildman–Crippen LogP) is 3.46. The minimum atomic E-state index is -0.221. The lowest BCUT2D eigenvalue weighted by molar-refractivity contribution is -0.133. The number of hydrogen-bond acceptors (Lipinski definition) is 4. The van der Waals surface area contributed by atoms with Crippen molar-refractivity contribution in [2.75, 3.05) is 13.1 Å². The number of hydrogen-bond donors (Lipinski definition) is 0. The van der Waals surface area contributed by atoms with Crippen molar-refractivity contribution >= 4 is 5.91 Å². The van der Waals surface area contributed by atoms with Crippen molar-refractivity contribution in [2.45, 2.75) is 56.8 Å². The molecule has 5 nitrogen and oxygen atoms in total. The summed E-state index contributed by atoms with van der Waals surface area (Å²) in [5, 5.41) is 4.15. The van der Waals surface area contributed by atoms with E-state index in [-0.39, 0.29) is 11.3 Å². The number of rotatable bonds is 5. The summed E-state index contributed by atoms with van der Waals surface area (Å²) in [6.07, 6.45) is 5.65. The van der Waals surface area contributed by atoms with Gasteiger partial charge in [-0.05, 0) is 44.6 Å². The van der Waals surface area contributed by atoms with Crippen LogP contribution in [-0.2, 0) is 16.6 Å². The third kappa shape index (κ3) is 3.60. The number of likely N-dealkylation sites (tertiary alicyclic amines) is 1. The summed E-state index contributed by atoms with van der Waals surface area (Å²) in [6.45, 7) is 3.65. The first kappa shape index (κ1) is 16.3. The average molecular weight is 339 g/mol. The molecule has 1 aliphatic heterocycles. The van der Waals surface area contributed by atoms with Gasteiger partial charge >= 0.3 is 0 Å². The Morgan fingerprint density at radius 1 is 1.32 bits per heavy atom. The van der Waals surface area contributed by atoms with Crippen molar-refractivity contribution < 1.29 is 9.32 Å². The largest absolute Gasteiger partial charge is 0.342 e. The molecule has 1 aromatic heterocycles. The number of carbonyl (C=O) groups is 1. The summed E-state index contributed by atoms with van der Waals surface area (Å²) >= 11 is 0. The molecule has 2 fully saturated rings. The summed E-state index contributed by atoms with van der Waals surface area (Å²) in [6, 6.07) is 10.2. The van der Waals surface area contributed by atoms with Gasteiger partial charge in [0.05, 0.1) is 5.41 Å². The highest BCUT2D eigenvalue weighted by Crippen LogP contribution is 2.40. The minimum Gasteiger partial charge on any atom is -0.342 e. The Balaban J connectivity index is 1.39. The molecule has 4 rings (SSSR count).